The second kappa shape index (κ2) is 6.28. The van der Waals surface area contributed by atoms with Crippen LogP contribution < -0.4 is 5.32 Å². The first-order valence-corrected chi connectivity index (χ1v) is 10.9. The fourth-order valence-corrected chi connectivity index (χ4v) is 4.48. The van der Waals surface area contributed by atoms with Crippen LogP contribution in [0.2, 0.25) is 0 Å². The zero-order valence-corrected chi connectivity index (χ0v) is 15.5. The van der Waals surface area contributed by atoms with Crippen molar-refractivity contribution in [1.82, 2.24) is 4.98 Å². The summed E-state index contributed by atoms with van der Waals surface area (Å²) in [4.78, 5) is 4.94. The highest BCUT2D eigenvalue weighted by Crippen LogP contribution is 2.30. The van der Waals surface area contributed by atoms with Crippen molar-refractivity contribution in [1.29, 1.82) is 0 Å². The maximum Gasteiger partial charge on any atom is 0.187 e. The van der Waals surface area contributed by atoms with Crippen LogP contribution in [0.4, 0.5) is 10.8 Å². The van der Waals surface area contributed by atoms with E-state index in [-0.39, 0.29) is 0 Å². The lowest BCUT2D eigenvalue weighted by molar-refractivity contribution is 0.602. The Hall–Kier alpha value is -2.18. The molecule has 3 aromatic rings. The van der Waals surface area contributed by atoms with Crippen LogP contribution in [-0.2, 0) is 22.7 Å². The predicted molar refractivity (Wildman–Crippen MR) is 102 cm³/mol. The maximum atomic E-state index is 11.5. The number of aromatic nitrogens is 1. The van der Waals surface area contributed by atoms with E-state index in [2.05, 4.69) is 28.5 Å². The van der Waals surface area contributed by atoms with Crippen LogP contribution in [0.1, 0.15) is 17.5 Å². The Morgan fingerprint density at radius 1 is 1.04 bits per heavy atom. The lowest BCUT2D eigenvalue weighted by atomic mass is 10.1. The van der Waals surface area contributed by atoms with Crippen molar-refractivity contribution in [3.63, 3.8) is 0 Å². The minimum absolute atomic E-state index is 0.322. The van der Waals surface area contributed by atoms with Gasteiger partial charge in [0.05, 0.1) is 10.6 Å². The van der Waals surface area contributed by atoms with E-state index in [4.69, 9.17) is 0 Å². The molecule has 128 valence electrons. The summed E-state index contributed by atoms with van der Waals surface area (Å²) in [5.74, 6) is 0. The van der Waals surface area contributed by atoms with E-state index in [1.54, 1.807) is 35.6 Å². The molecule has 1 aliphatic carbocycles. The standard InChI is InChI=1S/C19H18N2O2S2/c1-25(22,23)17-9-6-14(7-10-17)18-12-24-19(21-18)20-16-8-5-13-3-2-4-15(13)11-16/h5-12H,2-4H2,1H3,(H,20,21). The van der Waals surface area contributed by atoms with Crippen LogP contribution in [0.25, 0.3) is 11.3 Å². The fourth-order valence-electron chi connectivity index (χ4n) is 3.11. The number of sulfone groups is 1. The van der Waals surface area contributed by atoms with E-state index in [1.165, 1.54) is 30.2 Å². The van der Waals surface area contributed by atoms with E-state index in [9.17, 15) is 8.42 Å². The van der Waals surface area contributed by atoms with E-state index in [1.807, 2.05) is 5.38 Å². The van der Waals surface area contributed by atoms with E-state index in [0.717, 1.165) is 28.5 Å². The summed E-state index contributed by atoms with van der Waals surface area (Å²) in [7, 11) is -3.17. The maximum absolute atomic E-state index is 11.5. The van der Waals surface area contributed by atoms with Gasteiger partial charge in [0.2, 0.25) is 0 Å². The second-order valence-corrected chi connectivity index (χ2v) is 9.17. The molecule has 0 fully saturated rings. The normalized spacial score (nSPS) is 13.6. The number of anilines is 2. The monoisotopic (exact) mass is 370 g/mol. The minimum Gasteiger partial charge on any atom is -0.332 e. The van der Waals surface area contributed by atoms with Crippen molar-refractivity contribution in [3.05, 3.63) is 59.0 Å². The summed E-state index contributed by atoms with van der Waals surface area (Å²) in [6, 6.07) is 13.4. The molecule has 0 radical (unpaired) electrons. The van der Waals surface area contributed by atoms with Gasteiger partial charge in [-0.25, -0.2) is 13.4 Å². The molecule has 0 saturated heterocycles. The third-order valence-corrected chi connectivity index (χ3v) is 6.32. The predicted octanol–water partition coefficient (Wildman–Crippen LogP) is 4.45. The largest absolute Gasteiger partial charge is 0.332 e. The van der Waals surface area contributed by atoms with Crippen molar-refractivity contribution in [2.75, 3.05) is 11.6 Å². The number of thiazole rings is 1. The summed E-state index contributed by atoms with van der Waals surface area (Å²) in [6.45, 7) is 0. The number of aryl methyl sites for hydroxylation is 2. The van der Waals surface area contributed by atoms with Gasteiger partial charge in [0.1, 0.15) is 0 Å². The molecule has 0 saturated carbocycles. The molecule has 2 aromatic carbocycles. The molecule has 0 atom stereocenters. The average molecular weight is 370 g/mol. The van der Waals surface area contributed by atoms with Gasteiger partial charge in [0.15, 0.2) is 15.0 Å². The van der Waals surface area contributed by atoms with Crippen molar-refractivity contribution in [2.24, 2.45) is 0 Å². The zero-order valence-electron chi connectivity index (χ0n) is 13.8. The van der Waals surface area contributed by atoms with E-state index in [0.29, 0.717) is 4.90 Å². The van der Waals surface area contributed by atoms with Crippen molar-refractivity contribution < 1.29 is 8.42 Å². The first-order valence-electron chi connectivity index (χ1n) is 8.14. The molecule has 1 aliphatic rings. The van der Waals surface area contributed by atoms with Crippen LogP contribution in [0.3, 0.4) is 0 Å². The molecule has 0 spiro atoms. The topological polar surface area (TPSA) is 59.1 Å². The van der Waals surface area contributed by atoms with Gasteiger partial charge in [0, 0.05) is 22.9 Å². The summed E-state index contributed by atoms with van der Waals surface area (Å²) < 4.78 is 23.1. The third-order valence-electron chi connectivity index (χ3n) is 4.43. The van der Waals surface area contributed by atoms with Crippen LogP contribution in [-0.4, -0.2) is 19.7 Å². The van der Waals surface area contributed by atoms with Gasteiger partial charge in [-0.15, -0.1) is 11.3 Å². The Labute approximate surface area is 151 Å². The van der Waals surface area contributed by atoms with Crippen LogP contribution in [0, 0.1) is 0 Å². The van der Waals surface area contributed by atoms with Gasteiger partial charge in [-0.2, -0.15) is 0 Å². The summed E-state index contributed by atoms with van der Waals surface area (Å²) >= 11 is 1.54. The lowest BCUT2D eigenvalue weighted by Gasteiger charge is -2.05. The second-order valence-electron chi connectivity index (χ2n) is 6.30. The highest BCUT2D eigenvalue weighted by Gasteiger charge is 2.12. The molecule has 1 heterocycles. The van der Waals surface area contributed by atoms with Gasteiger partial charge in [0.25, 0.3) is 0 Å². The molecule has 25 heavy (non-hydrogen) atoms. The molecular weight excluding hydrogens is 352 g/mol. The number of benzene rings is 2. The van der Waals surface area contributed by atoms with Crippen LogP contribution in [0.5, 0.6) is 0 Å². The zero-order chi connectivity index (χ0) is 17.4. The minimum atomic E-state index is -3.17. The Kier molecular flexibility index (Phi) is 4.09. The average Bonchev–Trinajstić information content (AvgIpc) is 3.23. The Morgan fingerprint density at radius 3 is 2.56 bits per heavy atom. The molecule has 0 aliphatic heterocycles. The Bertz CT molecular complexity index is 1020. The smallest absolute Gasteiger partial charge is 0.187 e. The quantitative estimate of drug-likeness (QED) is 0.737. The SMILES string of the molecule is CS(=O)(=O)c1ccc(-c2csc(Nc3ccc4c(c3)CCC4)n2)cc1. The first kappa shape index (κ1) is 16.3. The number of rotatable bonds is 4. The highest BCUT2D eigenvalue weighted by atomic mass is 32.2. The van der Waals surface area contributed by atoms with E-state index >= 15 is 0 Å². The van der Waals surface area contributed by atoms with Crippen LogP contribution in [0.15, 0.2) is 52.7 Å². The number of nitrogens with zero attached hydrogens (tertiary/aromatic N) is 1. The number of nitrogens with one attached hydrogen (secondary N) is 1. The van der Waals surface area contributed by atoms with Crippen molar-refractivity contribution in [3.8, 4) is 11.3 Å². The van der Waals surface area contributed by atoms with Gasteiger partial charge in [-0.1, -0.05) is 18.2 Å². The number of hydrogen-bond donors (Lipinski definition) is 1. The molecule has 1 N–H and O–H groups in total. The summed E-state index contributed by atoms with van der Waals surface area (Å²) in [5.41, 5.74) is 5.70. The third kappa shape index (κ3) is 3.45. The molecule has 0 unspecified atom stereocenters. The molecule has 4 rings (SSSR count). The summed E-state index contributed by atoms with van der Waals surface area (Å²) in [5, 5.41) is 6.18. The van der Waals surface area contributed by atoms with Gasteiger partial charge < -0.3 is 5.32 Å². The van der Waals surface area contributed by atoms with Gasteiger partial charge in [-0.3, -0.25) is 0 Å². The lowest BCUT2D eigenvalue weighted by Crippen LogP contribution is -1.96. The summed E-state index contributed by atoms with van der Waals surface area (Å²) in [6.07, 6.45) is 4.79. The molecular formula is C19H18N2O2S2. The highest BCUT2D eigenvalue weighted by molar-refractivity contribution is 7.90. The van der Waals surface area contributed by atoms with Gasteiger partial charge in [-0.05, 0) is 54.7 Å². The molecule has 4 nitrogen and oxygen atoms in total. The van der Waals surface area contributed by atoms with Gasteiger partial charge >= 0.3 is 0 Å². The number of fused-ring (bicyclic) bond motifs is 1. The Morgan fingerprint density at radius 2 is 1.80 bits per heavy atom. The Balaban J connectivity index is 1.54. The van der Waals surface area contributed by atoms with Crippen LogP contribution >= 0.6 is 11.3 Å². The van der Waals surface area contributed by atoms with E-state index < -0.39 is 9.84 Å². The molecule has 6 heteroatoms. The first-order chi connectivity index (χ1) is 12.0. The molecule has 1 aromatic heterocycles. The fraction of sp³-hybridized carbons (Fsp3) is 0.211. The van der Waals surface area contributed by atoms with Crippen molar-refractivity contribution >= 4 is 32.0 Å². The molecule has 0 bridgehead atoms. The number of hydrogen-bond acceptors (Lipinski definition) is 5. The molecule has 0 amide bonds. The van der Waals surface area contributed by atoms with Crippen molar-refractivity contribution in [2.45, 2.75) is 24.2 Å².